The highest BCUT2D eigenvalue weighted by molar-refractivity contribution is 9.09. The highest BCUT2D eigenvalue weighted by atomic mass is 79.9. The Balaban J connectivity index is 3.44. The van der Waals surface area contributed by atoms with E-state index in [9.17, 15) is 0 Å². The van der Waals surface area contributed by atoms with Crippen LogP contribution in [0.5, 0.6) is 0 Å². The Bertz CT molecular complexity index is 78.6. The largest absolute Gasteiger partial charge is 0.103 e. The molecule has 0 N–H and O–H groups in total. The topological polar surface area (TPSA) is 0 Å². The normalized spacial score (nSPS) is 16.8. The fourth-order valence-corrected chi connectivity index (χ4v) is 1.29. The van der Waals surface area contributed by atoms with E-state index in [1.165, 1.54) is 0 Å². The second kappa shape index (κ2) is 5.04. The third-order valence-electron chi connectivity index (χ3n) is 1.75. The Kier molecular flexibility index (Phi) is 5.16. The Morgan fingerprint density at radius 3 is 2.33 bits per heavy atom. The molecular formula is C8H15Br. The molecule has 0 radical (unpaired) electrons. The molecule has 0 aliphatic rings. The van der Waals surface area contributed by atoms with Crippen molar-refractivity contribution in [2.45, 2.75) is 20.3 Å². The Labute approximate surface area is 66.5 Å². The van der Waals surface area contributed by atoms with Crippen molar-refractivity contribution in [2.24, 2.45) is 11.8 Å². The van der Waals surface area contributed by atoms with Crippen LogP contribution in [0.15, 0.2) is 12.7 Å². The van der Waals surface area contributed by atoms with E-state index in [2.05, 4.69) is 36.4 Å². The van der Waals surface area contributed by atoms with Gasteiger partial charge in [0.05, 0.1) is 0 Å². The number of hydrogen-bond donors (Lipinski definition) is 0. The first-order valence-corrected chi connectivity index (χ1v) is 4.51. The minimum atomic E-state index is 0.766. The molecule has 0 aromatic carbocycles. The standard InChI is InChI=1S/C8H15Br/c1-4-5-7(2)8(3)6-9/h4,7-8H,1,5-6H2,2-3H3. The number of halogens is 1. The molecule has 0 heterocycles. The van der Waals surface area contributed by atoms with Crippen molar-refractivity contribution in [3.05, 3.63) is 12.7 Å². The summed E-state index contributed by atoms with van der Waals surface area (Å²) in [5.41, 5.74) is 0. The molecule has 0 amide bonds. The summed E-state index contributed by atoms with van der Waals surface area (Å²) in [7, 11) is 0. The van der Waals surface area contributed by atoms with Crippen LogP contribution >= 0.6 is 15.9 Å². The first kappa shape index (κ1) is 9.22. The minimum absolute atomic E-state index is 0.766. The van der Waals surface area contributed by atoms with E-state index in [0.717, 1.165) is 23.6 Å². The summed E-state index contributed by atoms with van der Waals surface area (Å²) in [6, 6.07) is 0. The molecule has 0 aliphatic heterocycles. The Morgan fingerprint density at radius 1 is 1.44 bits per heavy atom. The van der Waals surface area contributed by atoms with Crippen LogP contribution in [-0.2, 0) is 0 Å². The van der Waals surface area contributed by atoms with E-state index >= 15 is 0 Å². The van der Waals surface area contributed by atoms with Crippen LogP contribution in [0.1, 0.15) is 20.3 Å². The van der Waals surface area contributed by atoms with Crippen molar-refractivity contribution < 1.29 is 0 Å². The molecular weight excluding hydrogens is 176 g/mol. The third kappa shape index (κ3) is 3.74. The third-order valence-corrected chi connectivity index (χ3v) is 2.77. The minimum Gasteiger partial charge on any atom is -0.103 e. The zero-order valence-electron chi connectivity index (χ0n) is 6.23. The summed E-state index contributed by atoms with van der Waals surface area (Å²) in [5, 5.41) is 1.10. The maximum Gasteiger partial charge on any atom is 0.00596 e. The van der Waals surface area contributed by atoms with Crippen molar-refractivity contribution in [3.8, 4) is 0 Å². The van der Waals surface area contributed by atoms with Crippen LogP contribution in [-0.4, -0.2) is 5.33 Å². The lowest BCUT2D eigenvalue weighted by atomic mass is 9.95. The maximum absolute atomic E-state index is 3.70. The average Bonchev–Trinajstić information content (AvgIpc) is 1.87. The van der Waals surface area contributed by atoms with Crippen molar-refractivity contribution >= 4 is 15.9 Å². The lowest BCUT2D eigenvalue weighted by Crippen LogP contribution is -2.07. The quantitative estimate of drug-likeness (QED) is 0.472. The van der Waals surface area contributed by atoms with Gasteiger partial charge in [0.2, 0.25) is 0 Å². The van der Waals surface area contributed by atoms with Gasteiger partial charge in [0, 0.05) is 5.33 Å². The number of rotatable bonds is 4. The van der Waals surface area contributed by atoms with Crippen molar-refractivity contribution in [1.82, 2.24) is 0 Å². The van der Waals surface area contributed by atoms with Gasteiger partial charge >= 0.3 is 0 Å². The molecule has 0 bridgehead atoms. The average molecular weight is 191 g/mol. The highest BCUT2D eigenvalue weighted by Gasteiger charge is 2.07. The number of allylic oxidation sites excluding steroid dienone is 1. The number of hydrogen-bond acceptors (Lipinski definition) is 0. The van der Waals surface area contributed by atoms with Crippen molar-refractivity contribution in [2.75, 3.05) is 5.33 Å². The van der Waals surface area contributed by atoms with Gasteiger partial charge in [0.15, 0.2) is 0 Å². The SMILES string of the molecule is C=CCC(C)C(C)CBr. The van der Waals surface area contributed by atoms with Crippen LogP contribution < -0.4 is 0 Å². The van der Waals surface area contributed by atoms with Crippen molar-refractivity contribution in [1.29, 1.82) is 0 Å². The molecule has 0 aromatic rings. The van der Waals surface area contributed by atoms with E-state index in [0.29, 0.717) is 0 Å². The molecule has 1 heteroatoms. The molecule has 2 atom stereocenters. The van der Waals surface area contributed by atoms with Gasteiger partial charge in [0.1, 0.15) is 0 Å². The van der Waals surface area contributed by atoms with Crippen LogP contribution in [0.25, 0.3) is 0 Å². The fourth-order valence-electron chi connectivity index (χ4n) is 0.647. The van der Waals surface area contributed by atoms with E-state index in [1.54, 1.807) is 0 Å². The van der Waals surface area contributed by atoms with Crippen LogP contribution in [0.2, 0.25) is 0 Å². The zero-order chi connectivity index (χ0) is 7.28. The van der Waals surface area contributed by atoms with Gasteiger partial charge < -0.3 is 0 Å². The highest BCUT2D eigenvalue weighted by Crippen LogP contribution is 2.16. The van der Waals surface area contributed by atoms with E-state index in [4.69, 9.17) is 0 Å². The second-order valence-corrected chi connectivity index (χ2v) is 3.28. The van der Waals surface area contributed by atoms with Crippen molar-refractivity contribution in [3.63, 3.8) is 0 Å². The Hall–Kier alpha value is 0.220. The molecule has 0 rings (SSSR count). The molecule has 0 aromatic heterocycles. The van der Waals surface area contributed by atoms with Crippen LogP contribution in [0, 0.1) is 11.8 Å². The predicted molar refractivity (Wildman–Crippen MR) is 46.9 cm³/mol. The van der Waals surface area contributed by atoms with E-state index in [-0.39, 0.29) is 0 Å². The molecule has 2 unspecified atom stereocenters. The van der Waals surface area contributed by atoms with Gasteiger partial charge in [-0.1, -0.05) is 35.9 Å². The van der Waals surface area contributed by atoms with Gasteiger partial charge in [-0.25, -0.2) is 0 Å². The summed E-state index contributed by atoms with van der Waals surface area (Å²) in [4.78, 5) is 0. The monoisotopic (exact) mass is 190 g/mol. The van der Waals surface area contributed by atoms with Gasteiger partial charge in [-0.2, -0.15) is 0 Å². The summed E-state index contributed by atoms with van der Waals surface area (Å²) in [6.07, 6.45) is 3.12. The zero-order valence-corrected chi connectivity index (χ0v) is 7.82. The van der Waals surface area contributed by atoms with E-state index in [1.807, 2.05) is 6.08 Å². The molecule has 0 saturated heterocycles. The van der Waals surface area contributed by atoms with Gasteiger partial charge in [-0.05, 0) is 18.3 Å². The molecule has 0 fully saturated rings. The number of alkyl halides is 1. The molecule has 0 spiro atoms. The molecule has 0 saturated carbocycles. The van der Waals surface area contributed by atoms with Crippen LogP contribution in [0.4, 0.5) is 0 Å². The lowest BCUT2D eigenvalue weighted by molar-refractivity contribution is 0.433. The molecule has 0 nitrogen and oxygen atoms in total. The van der Waals surface area contributed by atoms with Gasteiger partial charge in [-0.3, -0.25) is 0 Å². The summed E-state index contributed by atoms with van der Waals surface area (Å²) >= 11 is 3.45. The smallest absolute Gasteiger partial charge is 0.00596 e. The fraction of sp³-hybridized carbons (Fsp3) is 0.750. The summed E-state index contributed by atoms with van der Waals surface area (Å²) < 4.78 is 0. The Morgan fingerprint density at radius 2 is 2.00 bits per heavy atom. The molecule has 54 valence electrons. The lowest BCUT2D eigenvalue weighted by Gasteiger charge is -2.14. The predicted octanol–water partition coefficient (Wildman–Crippen LogP) is 3.23. The van der Waals surface area contributed by atoms with E-state index < -0.39 is 0 Å². The first-order valence-electron chi connectivity index (χ1n) is 3.39. The maximum atomic E-state index is 3.70. The molecule has 9 heavy (non-hydrogen) atoms. The van der Waals surface area contributed by atoms with Gasteiger partial charge in [-0.15, -0.1) is 6.58 Å². The second-order valence-electron chi connectivity index (χ2n) is 2.63. The summed E-state index contributed by atoms with van der Waals surface area (Å²) in [6.45, 7) is 8.21. The first-order chi connectivity index (χ1) is 4.22. The molecule has 0 aliphatic carbocycles. The summed E-state index contributed by atoms with van der Waals surface area (Å²) in [5.74, 6) is 1.53. The van der Waals surface area contributed by atoms with Gasteiger partial charge in [0.25, 0.3) is 0 Å². The van der Waals surface area contributed by atoms with Crippen LogP contribution in [0.3, 0.4) is 0 Å².